The summed E-state index contributed by atoms with van der Waals surface area (Å²) in [6.07, 6.45) is 0. The lowest BCUT2D eigenvalue weighted by Gasteiger charge is -2.35. The Kier molecular flexibility index (Phi) is 6.47. The zero-order chi connectivity index (χ0) is 19.4. The number of amides is 1. The number of ether oxygens (including phenoxy) is 2. The number of nitrogens with zero attached hydrogens (tertiary/aromatic N) is 2. The Labute approximate surface area is 169 Å². The van der Waals surface area contributed by atoms with Crippen LogP contribution in [0.3, 0.4) is 0 Å². The SMILES string of the molecule is COc1ccc(OC)c(CN2CCN(C(=O)c3ccc(Cl)cc3Cl)CC2)c1. The monoisotopic (exact) mass is 408 g/mol. The number of hydrogen-bond acceptors (Lipinski definition) is 4. The zero-order valence-corrected chi connectivity index (χ0v) is 16.9. The molecule has 1 aliphatic heterocycles. The zero-order valence-electron chi connectivity index (χ0n) is 15.4. The summed E-state index contributed by atoms with van der Waals surface area (Å²) in [5.74, 6) is 1.58. The number of piperazine rings is 1. The minimum atomic E-state index is -0.0599. The van der Waals surface area contributed by atoms with Crippen molar-refractivity contribution in [2.45, 2.75) is 6.54 Å². The summed E-state index contributed by atoms with van der Waals surface area (Å²) < 4.78 is 10.8. The fourth-order valence-corrected chi connectivity index (χ4v) is 3.68. The normalized spacial score (nSPS) is 14.9. The Balaban J connectivity index is 1.63. The Morgan fingerprint density at radius 2 is 1.74 bits per heavy atom. The van der Waals surface area contributed by atoms with Crippen molar-refractivity contribution < 1.29 is 14.3 Å². The van der Waals surface area contributed by atoms with Crippen molar-refractivity contribution in [3.63, 3.8) is 0 Å². The lowest BCUT2D eigenvalue weighted by atomic mass is 10.1. The van der Waals surface area contributed by atoms with E-state index in [2.05, 4.69) is 4.90 Å². The molecule has 2 aromatic rings. The van der Waals surface area contributed by atoms with Crippen molar-refractivity contribution >= 4 is 29.1 Å². The summed E-state index contributed by atoms with van der Waals surface area (Å²) >= 11 is 12.1. The van der Waals surface area contributed by atoms with Crippen molar-refractivity contribution in [2.75, 3.05) is 40.4 Å². The number of rotatable bonds is 5. The maximum Gasteiger partial charge on any atom is 0.255 e. The van der Waals surface area contributed by atoms with E-state index in [0.29, 0.717) is 28.7 Å². The molecular formula is C20H22Cl2N2O3. The van der Waals surface area contributed by atoms with Gasteiger partial charge in [0, 0.05) is 43.3 Å². The number of carbonyl (C=O) groups is 1. The molecule has 7 heteroatoms. The van der Waals surface area contributed by atoms with Gasteiger partial charge in [-0.1, -0.05) is 23.2 Å². The number of carbonyl (C=O) groups excluding carboxylic acids is 1. The van der Waals surface area contributed by atoms with Crippen molar-refractivity contribution in [3.8, 4) is 11.5 Å². The molecule has 0 spiro atoms. The molecule has 0 radical (unpaired) electrons. The van der Waals surface area contributed by atoms with Crippen LogP contribution in [0.25, 0.3) is 0 Å². The van der Waals surface area contributed by atoms with E-state index in [1.165, 1.54) is 0 Å². The summed E-state index contributed by atoms with van der Waals surface area (Å²) in [5, 5.41) is 0.907. The summed E-state index contributed by atoms with van der Waals surface area (Å²) in [5.41, 5.74) is 1.56. The van der Waals surface area contributed by atoms with E-state index < -0.39 is 0 Å². The topological polar surface area (TPSA) is 42.0 Å². The van der Waals surface area contributed by atoms with Gasteiger partial charge in [0.2, 0.25) is 0 Å². The maximum atomic E-state index is 12.7. The highest BCUT2D eigenvalue weighted by molar-refractivity contribution is 6.36. The van der Waals surface area contributed by atoms with Gasteiger partial charge in [-0.2, -0.15) is 0 Å². The van der Waals surface area contributed by atoms with Crippen molar-refractivity contribution in [3.05, 3.63) is 57.6 Å². The van der Waals surface area contributed by atoms with E-state index >= 15 is 0 Å². The Morgan fingerprint density at radius 1 is 1.00 bits per heavy atom. The van der Waals surface area contributed by atoms with Gasteiger partial charge in [0.1, 0.15) is 11.5 Å². The van der Waals surface area contributed by atoms with Crippen LogP contribution in [0.5, 0.6) is 11.5 Å². The van der Waals surface area contributed by atoms with Crippen LogP contribution < -0.4 is 9.47 Å². The van der Waals surface area contributed by atoms with Gasteiger partial charge in [-0.3, -0.25) is 9.69 Å². The minimum absolute atomic E-state index is 0.0599. The lowest BCUT2D eigenvalue weighted by Crippen LogP contribution is -2.48. The summed E-state index contributed by atoms with van der Waals surface area (Å²) in [7, 11) is 3.32. The second kappa shape index (κ2) is 8.83. The van der Waals surface area contributed by atoms with Crippen LogP contribution in [-0.2, 0) is 6.54 Å². The number of methoxy groups -OCH3 is 2. The largest absolute Gasteiger partial charge is 0.497 e. The molecule has 0 atom stereocenters. The first-order valence-corrected chi connectivity index (χ1v) is 9.45. The molecule has 0 saturated carbocycles. The molecule has 1 saturated heterocycles. The smallest absolute Gasteiger partial charge is 0.255 e. The van der Waals surface area contributed by atoms with Gasteiger partial charge in [-0.25, -0.2) is 0 Å². The molecule has 1 heterocycles. The number of hydrogen-bond donors (Lipinski definition) is 0. The van der Waals surface area contributed by atoms with Crippen LogP contribution in [0.2, 0.25) is 10.0 Å². The molecule has 0 aromatic heterocycles. The summed E-state index contributed by atoms with van der Waals surface area (Å²) in [6.45, 7) is 3.58. The maximum absolute atomic E-state index is 12.7. The van der Waals surface area contributed by atoms with Gasteiger partial charge in [0.25, 0.3) is 5.91 Å². The Bertz CT molecular complexity index is 821. The van der Waals surface area contributed by atoms with Crippen molar-refractivity contribution in [2.24, 2.45) is 0 Å². The first-order valence-electron chi connectivity index (χ1n) is 8.69. The van der Waals surface area contributed by atoms with Crippen LogP contribution in [-0.4, -0.2) is 56.1 Å². The molecule has 1 aliphatic rings. The standard InChI is InChI=1S/C20H22Cl2N2O3/c1-26-16-4-6-19(27-2)14(11-16)13-23-7-9-24(10-8-23)20(25)17-5-3-15(21)12-18(17)22/h3-6,11-12H,7-10,13H2,1-2H3. The molecule has 27 heavy (non-hydrogen) atoms. The quantitative estimate of drug-likeness (QED) is 0.750. The molecular weight excluding hydrogens is 387 g/mol. The Morgan fingerprint density at radius 3 is 2.37 bits per heavy atom. The number of benzene rings is 2. The Hall–Kier alpha value is -1.95. The molecule has 1 amide bonds. The van der Waals surface area contributed by atoms with E-state index in [4.69, 9.17) is 32.7 Å². The first-order chi connectivity index (χ1) is 13.0. The minimum Gasteiger partial charge on any atom is -0.497 e. The molecule has 2 aromatic carbocycles. The second-order valence-electron chi connectivity index (χ2n) is 6.37. The van der Waals surface area contributed by atoms with Gasteiger partial charge in [-0.05, 0) is 36.4 Å². The predicted molar refractivity (Wildman–Crippen MR) is 107 cm³/mol. The van der Waals surface area contributed by atoms with Crippen LogP contribution in [0.15, 0.2) is 36.4 Å². The molecule has 0 bridgehead atoms. The van der Waals surface area contributed by atoms with Crippen molar-refractivity contribution in [1.82, 2.24) is 9.80 Å². The highest BCUT2D eigenvalue weighted by Gasteiger charge is 2.24. The first kappa shape index (κ1) is 19.8. The van der Waals surface area contributed by atoms with Crippen LogP contribution in [0.4, 0.5) is 0 Å². The van der Waals surface area contributed by atoms with Gasteiger partial charge in [0.15, 0.2) is 0 Å². The highest BCUT2D eigenvalue weighted by atomic mass is 35.5. The third kappa shape index (κ3) is 4.67. The van der Waals surface area contributed by atoms with Gasteiger partial charge < -0.3 is 14.4 Å². The molecule has 3 rings (SSSR count). The van der Waals surface area contributed by atoms with Crippen LogP contribution in [0.1, 0.15) is 15.9 Å². The predicted octanol–water partition coefficient (Wildman–Crippen LogP) is 3.97. The highest BCUT2D eigenvalue weighted by Crippen LogP contribution is 2.26. The van der Waals surface area contributed by atoms with E-state index in [0.717, 1.165) is 36.7 Å². The fraction of sp³-hybridized carbons (Fsp3) is 0.350. The molecule has 1 fully saturated rings. The van der Waals surface area contributed by atoms with Crippen LogP contribution >= 0.6 is 23.2 Å². The third-order valence-electron chi connectivity index (χ3n) is 4.70. The van der Waals surface area contributed by atoms with E-state index in [1.54, 1.807) is 32.4 Å². The molecule has 0 aliphatic carbocycles. The van der Waals surface area contributed by atoms with E-state index in [1.807, 2.05) is 23.1 Å². The van der Waals surface area contributed by atoms with Gasteiger partial charge >= 0.3 is 0 Å². The third-order valence-corrected chi connectivity index (χ3v) is 5.25. The fourth-order valence-electron chi connectivity index (χ4n) is 3.19. The van der Waals surface area contributed by atoms with Gasteiger partial charge in [0.05, 0.1) is 24.8 Å². The molecule has 5 nitrogen and oxygen atoms in total. The van der Waals surface area contributed by atoms with Crippen molar-refractivity contribution in [1.29, 1.82) is 0 Å². The van der Waals surface area contributed by atoms with E-state index in [9.17, 15) is 4.79 Å². The average molecular weight is 409 g/mol. The molecule has 0 unspecified atom stereocenters. The van der Waals surface area contributed by atoms with Gasteiger partial charge in [-0.15, -0.1) is 0 Å². The molecule has 144 valence electrons. The lowest BCUT2D eigenvalue weighted by molar-refractivity contribution is 0.0627. The summed E-state index contributed by atoms with van der Waals surface area (Å²) in [4.78, 5) is 16.8. The summed E-state index contributed by atoms with van der Waals surface area (Å²) in [6, 6.07) is 10.8. The van der Waals surface area contributed by atoms with Crippen LogP contribution in [0, 0.1) is 0 Å². The van der Waals surface area contributed by atoms with E-state index in [-0.39, 0.29) is 5.91 Å². The molecule has 0 N–H and O–H groups in total. The number of halogens is 2. The second-order valence-corrected chi connectivity index (χ2v) is 7.21. The average Bonchev–Trinajstić information content (AvgIpc) is 2.68.